The highest BCUT2D eigenvalue weighted by Crippen LogP contribution is 2.26. The van der Waals surface area contributed by atoms with Crippen LogP contribution >= 0.6 is 0 Å². The number of nitrogens with two attached hydrogens (primary N) is 1. The molecule has 2 aromatic carbocycles. The molecule has 0 aliphatic carbocycles. The van der Waals surface area contributed by atoms with E-state index in [0.717, 1.165) is 22.0 Å². The molecule has 0 amide bonds. The fourth-order valence-corrected chi connectivity index (χ4v) is 3.16. The van der Waals surface area contributed by atoms with Crippen LogP contribution in [0.25, 0.3) is 10.9 Å². The molecule has 0 aliphatic rings. The maximum absolute atomic E-state index is 11.2. The van der Waals surface area contributed by atoms with Gasteiger partial charge in [-0.15, -0.1) is 0 Å². The van der Waals surface area contributed by atoms with Gasteiger partial charge in [-0.25, -0.2) is 13.6 Å². The maximum atomic E-state index is 11.2. The van der Waals surface area contributed by atoms with Crippen molar-refractivity contribution in [2.75, 3.05) is 6.54 Å². The molecule has 0 bridgehead atoms. The molecule has 0 saturated heterocycles. The Balaban J connectivity index is 1.69. The number of primary sulfonamides is 1. The zero-order valence-electron chi connectivity index (χ0n) is 13.7. The molecule has 6 nitrogen and oxygen atoms in total. The first kappa shape index (κ1) is 17.2. The highest BCUT2D eigenvalue weighted by Gasteiger charge is 2.09. The minimum absolute atomic E-state index is 0.0961. The highest BCUT2D eigenvalue weighted by atomic mass is 32.2. The Kier molecular flexibility index (Phi) is 4.61. The van der Waals surface area contributed by atoms with E-state index in [1.807, 2.05) is 25.1 Å². The number of aromatic amines is 1. The molecule has 7 heteroatoms. The number of sulfonamides is 1. The average Bonchev–Trinajstić information content (AvgIpc) is 2.85. The van der Waals surface area contributed by atoms with Gasteiger partial charge in [0, 0.05) is 23.7 Å². The van der Waals surface area contributed by atoms with Gasteiger partial charge in [-0.3, -0.25) is 4.99 Å². The molecule has 0 aliphatic heterocycles. The zero-order valence-corrected chi connectivity index (χ0v) is 14.5. The standard InChI is InChI=1S/C18H19N3O3S/c1-12-2-7-15-16(18(22)21-17(15)10-12)11-20-9-8-13-3-5-14(6-4-13)25(19,23)24/h2-7,10-11,21-22H,8-9H2,1H3,(H2,19,23,24). The molecule has 0 radical (unpaired) electrons. The van der Waals surface area contributed by atoms with Crippen molar-refractivity contribution in [3.63, 3.8) is 0 Å². The van der Waals surface area contributed by atoms with Gasteiger partial charge in [0.2, 0.25) is 10.0 Å². The van der Waals surface area contributed by atoms with Gasteiger partial charge >= 0.3 is 0 Å². The summed E-state index contributed by atoms with van der Waals surface area (Å²) in [6.07, 6.45) is 2.31. The maximum Gasteiger partial charge on any atom is 0.238 e. The lowest BCUT2D eigenvalue weighted by molar-refractivity contribution is 0.457. The van der Waals surface area contributed by atoms with E-state index in [-0.39, 0.29) is 10.8 Å². The van der Waals surface area contributed by atoms with Crippen LogP contribution in [0.5, 0.6) is 5.88 Å². The van der Waals surface area contributed by atoms with Crippen LogP contribution in [0, 0.1) is 6.92 Å². The predicted octanol–water partition coefficient (Wildman–Crippen LogP) is 2.49. The number of aromatic hydroxyl groups is 1. The number of aryl methyl sites for hydroxylation is 1. The number of fused-ring (bicyclic) bond motifs is 1. The number of nitrogens with one attached hydrogen (secondary N) is 1. The number of aromatic nitrogens is 1. The van der Waals surface area contributed by atoms with E-state index in [1.54, 1.807) is 18.3 Å². The largest absolute Gasteiger partial charge is 0.494 e. The third-order valence-corrected chi connectivity index (χ3v) is 4.90. The molecular weight excluding hydrogens is 338 g/mol. The first-order valence-corrected chi connectivity index (χ1v) is 9.32. The molecule has 0 spiro atoms. The molecule has 130 valence electrons. The molecule has 1 aromatic heterocycles. The van der Waals surface area contributed by atoms with Crippen molar-refractivity contribution in [1.82, 2.24) is 4.98 Å². The topological polar surface area (TPSA) is 109 Å². The van der Waals surface area contributed by atoms with Gasteiger partial charge in [0.15, 0.2) is 5.88 Å². The van der Waals surface area contributed by atoms with E-state index in [4.69, 9.17) is 5.14 Å². The molecule has 3 aromatic rings. The molecule has 0 fully saturated rings. The fraction of sp³-hybridized carbons (Fsp3) is 0.167. The zero-order chi connectivity index (χ0) is 18.0. The quantitative estimate of drug-likeness (QED) is 0.610. The van der Waals surface area contributed by atoms with Crippen LogP contribution in [0.15, 0.2) is 52.4 Å². The molecule has 25 heavy (non-hydrogen) atoms. The van der Waals surface area contributed by atoms with Crippen molar-refractivity contribution < 1.29 is 13.5 Å². The minimum atomic E-state index is -3.66. The molecule has 1 heterocycles. The van der Waals surface area contributed by atoms with Crippen LogP contribution in [0.2, 0.25) is 0 Å². The van der Waals surface area contributed by atoms with Crippen molar-refractivity contribution in [2.24, 2.45) is 10.1 Å². The van der Waals surface area contributed by atoms with Crippen LogP contribution in [0.3, 0.4) is 0 Å². The van der Waals surface area contributed by atoms with Gasteiger partial charge in [-0.2, -0.15) is 0 Å². The summed E-state index contributed by atoms with van der Waals surface area (Å²) in [5, 5.41) is 16.0. The number of nitrogens with zero attached hydrogens (tertiary/aromatic N) is 1. The summed E-state index contributed by atoms with van der Waals surface area (Å²) < 4.78 is 22.4. The number of H-pyrrole nitrogens is 1. The Morgan fingerprint density at radius 1 is 1.20 bits per heavy atom. The minimum Gasteiger partial charge on any atom is -0.494 e. The summed E-state index contributed by atoms with van der Waals surface area (Å²) in [6.45, 7) is 2.51. The summed E-state index contributed by atoms with van der Waals surface area (Å²) in [7, 11) is -3.66. The van der Waals surface area contributed by atoms with Crippen molar-refractivity contribution in [1.29, 1.82) is 0 Å². The van der Waals surface area contributed by atoms with Crippen molar-refractivity contribution in [3.8, 4) is 5.88 Å². The number of benzene rings is 2. The van der Waals surface area contributed by atoms with E-state index >= 15 is 0 Å². The summed E-state index contributed by atoms with van der Waals surface area (Å²) in [4.78, 5) is 7.40. The molecule has 0 saturated carbocycles. The Hall–Kier alpha value is -2.64. The van der Waals surface area contributed by atoms with Crippen molar-refractivity contribution >= 4 is 27.1 Å². The summed E-state index contributed by atoms with van der Waals surface area (Å²) in [5.41, 5.74) is 3.61. The number of rotatable bonds is 5. The number of hydrogen-bond donors (Lipinski definition) is 3. The van der Waals surface area contributed by atoms with Crippen LogP contribution in [-0.2, 0) is 16.4 Å². The van der Waals surface area contributed by atoms with E-state index in [2.05, 4.69) is 9.98 Å². The lowest BCUT2D eigenvalue weighted by atomic mass is 10.1. The Labute approximate surface area is 146 Å². The van der Waals surface area contributed by atoms with Gasteiger partial charge in [-0.05, 0) is 42.7 Å². The van der Waals surface area contributed by atoms with Gasteiger partial charge < -0.3 is 10.1 Å². The van der Waals surface area contributed by atoms with Gasteiger partial charge in [0.25, 0.3) is 0 Å². The second-order valence-corrected chi connectivity index (χ2v) is 7.47. The van der Waals surface area contributed by atoms with E-state index < -0.39 is 10.0 Å². The van der Waals surface area contributed by atoms with Gasteiger partial charge in [0.05, 0.1) is 10.5 Å². The van der Waals surface area contributed by atoms with E-state index in [1.165, 1.54) is 12.1 Å². The Morgan fingerprint density at radius 2 is 1.92 bits per heavy atom. The Morgan fingerprint density at radius 3 is 2.60 bits per heavy atom. The summed E-state index contributed by atoms with van der Waals surface area (Å²) in [5.74, 6) is 0.0989. The monoisotopic (exact) mass is 357 g/mol. The van der Waals surface area contributed by atoms with E-state index in [0.29, 0.717) is 18.5 Å². The summed E-state index contributed by atoms with van der Waals surface area (Å²) in [6, 6.07) is 12.3. The van der Waals surface area contributed by atoms with Crippen molar-refractivity contribution in [2.45, 2.75) is 18.2 Å². The third kappa shape index (κ3) is 3.89. The predicted molar refractivity (Wildman–Crippen MR) is 98.7 cm³/mol. The van der Waals surface area contributed by atoms with Crippen LogP contribution in [0.4, 0.5) is 0 Å². The second-order valence-electron chi connectivity index (χ2n) is 5.91. The van der Waals surface area contributed by atoms with E-state index in [9.17, 15) is 13.5 Å². The van der Waals surface area contributed by atoms with Gasteiger partial charge in [-0.1, -0.05) is 24.3 Å². The van der Waals surface area contributed by atoms with Crippen LogP contribution in [-0.4, -0.2) is 31.3 Å². The third-order valence-electron chi connectivity index (χ3n) is 3.98. The molecular formula is C18H19N3O3S. The molecule has 4 N–H and O–H groups in total. The number of hydrogen-bond acceptors (Lipinski definition) is 4. The summed E-state index contributed by atoms with van der Waals surface area (Å²) >= 11 is 0. The highest BCUT2D eigenvalue weighted by molar-refractivity contribution is 7.89. The normalized spacial score (nSPS) is 12.2. The lowest BCUT2D eigenvalue weighted by Crippen LogP contribution is -2.11. The fourth-order valence-electron chi connectivity index (χ4n) is 2.64. The van der Waals surface area contributed by atoms with Crippen LogP contribution in [0.1, 0.15) is 16.7 Å². The first-order chi connectivity index (χ1) is 11.8. The van der Waals surface area contributed by atoms with Crippen LogP contribution < -0.4 is 5.14 Å². The average molecular weight is 357 g/mol. The lowest BCUT2D eigenvalue weighted by Gasteiger charge is -2.01. The van der Waals surface area contributed by atoms with Gasteiger partial charge in [0.1, 0.15) is 0 Å². The smallest absolute Gasteiger partial charge is 0.238 e. The molecule has 3 rings (SSSR count). The number of aliphatic imine (C=N–C) groups is 1. The molecule has 0 unspecified atom stereocenters. The second kappa shape index (κ2) is 6.70. The van der Waals surface area contributed by atoms with Crippen molar-refractivity contribution in [3.05, 3.63) is 59.2 Å². The molecule has 0 atom stereocenters. The SMILES string of the molecule is Cc1ccc2c(C=NCCc3ccc(S(N)(=O)=O)cc3)c(O)[nH]c2c1. The Bertz CT molecular complexity index is 1040. The first-order valence-electron chi connectivity index (χ1n) is 7.77.